The summed E-state index contributed by atoms with van der Waals surface area (Å²) in [4.78, 5) is 25.9. The van der Waals surface area contributed by atoms with Crippen LogP contribution in [0.3, 0.4) is 0 Å². The molecule has 1 saturated heterocycles. The number of unbranched alkanes of at least 4 members (excludes halogenated alkanes) is 4. The second kappa shape index (κ2) is 20.0. The Morgan fingerprint density at radius 3 is 2.42 bits per heavy atom. The van der Waals surface area contributed by atoms with Crippen LogP contribution in [-0.2, 0) is 19.1 Å². The Morgan fingerprint density at radius 1 is 0.854 bits per heavy atom. The van der Waals surface area contributed by atoms with Crippen LogP contribution in [0.2, 0.25) is 0 Å². The van der Waals surface area contributed by atoms with Gasteiger partial charge in [0.25, 0.3) is 0 Å². The lowest BCUT2D eigenvalue weighted by atomic mass is 9.91. The molecule has 0 aliphatic carbocycles. The lowest BCUT2D eigenvalue weighted by Gasteiger charge is -2.37. The second-order valence-electron chi connectivity index (χ2n) is 12.0. The summed E-state index contributed by atoms with van der Waals surface area (Å²) in [6.07, 6.45) is 16.1. The predicted molar refractivity (Wildman–Crippen MR) is 184 cm³/mol. The van der Waals surface area contributed by atoms with E-state index < -0.39 is 11.9 Å². The van der Waals surface area contributed by atoms with Crippen LogP contribution in [0.15, 0.2) is 91.3 Å². The summed E-state index contributed by atoms with van der Waals surface area (Å²) in [7, 11) is 0. The van der Waals surface area contributed by atoms with Crippen LogP contribution in [0, 0.1) is 5.92 Å². The third-order valence-corrected chi connectivity index (χ3v) is 8.28. The Hall–Kier alpha value is -4.47. The van der Waals surface area contributed by atoms with Crippen LogP contribution in [0.5, 0.6) is 11.5 Å². The predicted octanol–water partition coefficient (Wildman–Crippen LogP) is 8.34. The molecule has 3 N–H and O–H groups in total. The molecule has 9 nitrogen and oxygen atoms in total. The summed E-state index contributed by atoms with van der Waals surface area (Å²) in [6.45, 7) is 1.09. The largest absolute Gasteiger partial charge is 0.508 e. The molecule has 256 valence electrons. The first-order valence-electron chi connectivity index (χ1n) is 16.9. The molecule has 0 spiro atoms. The summed E-state index contributed by atoms with van der Waals surface area (Å²) < 4.78 is 18.5. The molecule has 2 heterocycles. The number of pyridine rings is 1. The molecule has 0 unspecified atom stereocenters. The van der Waals surface area contributed by atoms with Gasteiger partial charge in [-0.1, -0.05) is 54.6 Å². The highest BCUT2D eigenvalue weighted by Crippen LogP contribution is 2.39. The highest BCUT2D eigenvalue weighted by molar-refractivity contribution is 5.79. The molecular weight excluding hydrogens is 610 g/mol. The van der Waals surface area contributed by atoms with Gasteiger partial charge in [-0.3, -0.25) is 14.6 Å². The van der Waals surface area contributed by atoms with Gasteiger partial charge in [0.05, 0.1) is 19.3 Å². The van der Waals surface area contributed by atoms with E-state index in [0.29, 0.717) is 32.5 Å². The number of ether oxygens (including phenoxy) is 3. The number of rotatable bonds is 20. The summed E-state index contributed by atoms with van der Waals surface area (Å²) in [5.41, 5.74) is 3.88. The maximum atomic E-state index is 10.8. The molecule has 2 aromatic carbocycles. The van der Waals surface area contributed by atoms with Crippen LogP contribution in [0.25, 0.3) is 5.57 Å². The molecule has 1 aliphatic heterocycles. The van der Waals surface area contributed by atoms with Gasteiger partial charge in [0.2, 0.25) is 0 Å². The third kappa shape index (κ3) is 12.3. The van der Waals surface area contributed by atoms with E-state index in [9.17, 15) is 14.7 Å². The Morgan fingerprint density at radius 2 is 1.67 bits per heavy atom. The zero-order chi connectivity index (χ0) is 34.0. The molecule has 3 atom stereocenters. The monoisotopic (exact) mass is 657 g/mol. The van der Waals surface area contributed by atoms with Crippen LogP contribution in [-0.4, -0.2) is 51.7 Å². The van der Waals surface area contributed by atoms with Gasteiger partial charge in [-0.2, -0.15) is 0 Å². The lowest BCUT2D eigenvalue weighted by molar-refractivity contribution is -0.241. The number of benzene rings is 2. The van der Waals surface area contributed by atoms with Crippen molar-refractivity contribution in [2.45, 2.75) is 83.0 Å². The van der Waals surface area contributed by atoms with Crippen LogP contribution in [0.4, 0.5) is 0 Å². The van der Waals surface area contributed by atoms with E-state index in [4.69, 9.17) is 24.4 Å². The lowest BCUT2D eigenvalue weighted by Crippen LogP contribution is -2.34. The minimum absolute atomic E-state index is 0.00941. The van der Waals surface area contributed by atoms with Gasteiger partial charge in [0.1, 0.15) is 11.5 Å². The number of carboxylic acid groups (broad SMARTS) is 2. The molecule has 48 heavy (non-hydrogen) atoms. The molecule has 0 radical (unpaired) electrons. The summed E-state index contributed by atoms with van der Waals surface area (Å²) in [6, 6.07) is 19.2. The number of phenols is 1. The number of nitrogens with zero attached hydrogens (tertiary/aromatic N) is 1. The summed E-state index contributed by atoms with van der Waals surface area (Å²) >= 11 is 0. The van der Waals surface area contributed by atoms with E-state index in [1.165, 1.54) is 0 Å². The SMILES string of the molecule is O=C(O)CC/C=C\C[C@@H]1CO[C@H](CCCCCOc2ccc(/C(=C\CCCCC(=O)O)c3cccnc3)cc2)O[C@@H]1c1ccccc1O. The van der Waals surface area contributed by atoms with Crippen LogP contribution >= 0.6 is 0 Å². The quantitative estimate of drug-likeness (QED) is 0.0809. The number of hydrogen-bond donors (Lipinski definition) is 3. The average Bonchev–Trinajstić information content (AvgIpc) is 3.09. The van der Waals surface area contributed by atoms with Crippen molar-refractivity contribution >= 4 is 17.5 Å². The fourth-order valence-electron chi connectivity index (χ4n) is 5.73. The van der Waals surface area contributed by atoms with Gasteiger partial charge in [-0.05, 0) is 93.2 Å². The number of carboxylic acids is 2. The third-order valence-electron chi connectivity index (χ3n) is 8.28. The first-order valence-corrected chi connectivity index (χ1v) is 16.9. The standard InChI is InChI=1S/C39H47NO8/c41-35-17-10-9-16-34(35)39-31(13-4-1-6-18-36(42)43)28-47-38(48-39)20-8-3-11-26-46-32-23-21-29(22-24-32)33(30-14-12-25-40-27-30)15-5-2-7-19-37(44)45/h1,4,9-10,12,14-17,21-25,27,31,38-39,41H,2-3,5-8,11,13,18-20,26,28H2,(H,42,43)(H,44,45)/b4-1-,33-15+/t31-,38+,39+/m1/s1. The molecule has 4 rings (SSSR count). The zero-order valence-corrected chi connectivity index (χ0v) is 27.4. The Balaban J connectivity index is 1.22. The highest BCUT2D eigenvalue weighted by atomic mass is 16.7. The van der Waals surface area contributed by atoms with E-state index >= 15 is 0 Å². The Kier molecular flexibility index (Phi) is 15.2. The topological polar surface area (TPSA) is 135 Å². The maximum absolute atomic E-state index is 10.8. The number of aliphatic carboxylic acids is 2. The minimum atomic E-state index is -0.816. The van der Waals surface area contributed by atoms with Gasteiger partial charge in [0, 0.05) is 42.3 Å². The van der Waals surface area contributed by atoms with Gasteiger partial charge in [0.15, 0.2) is 6.29 Å². The zero-order valence-electron chi connectivity index (χ0n) is 27.4. The number of allylic oxidation sites excluding steroid dienone is 3. The van der Waals surface area contributed by atoms with E-state index in [0.717, 1.165) is 66.5 Å². The van der Waals surface area contributed by atoms with Crippen molar-refractivity contribution < 1.29 is 39.1 Å². The van der Waals surface area contributed by atoms with E-state index in [-0.39, 0.29) is 36.9 Å². The van der Waals surface area contributed by atoms with Gasteiger partial charge in [-0.15, -0.1) is 0 Å². The van der Waals surface area contributed by atoms with Crippen LogP contribution < -0.4 is 4.74 Å². The average molecular weight is 658 g/mol. The number of para-hydroxylation sites is 1. The molecule has 9 heteroatoms. The smallest absolute Gasteiger partial charge is 0.303 e. The Labute approximate surface area is 282 Å². The minimum Gasteiger partial charge on any atom is -0.508 e. The first kappa shape index (κ1) is 36.4. The number of aromatic hydroxyl groups is 1. The molecule has 0 amide bonds. The number of phenolic OH excluding ortho intramolecular Hbond substituents is 1. The van der Waals surface area contributed by atoms with E-state index in [2.05, 4.69) is 11.1 Å². The molecule has 1 aromatic heterocycles. The van der Waals surface area contributed by atoms with Crippen LogP contribution in [0.1, 0.15) is 93.4 Å². The van der Waals surface area contributed by atoms with Crippen molar-refractivity contribution in [3.8, 4) is 11.5 Å². The second-order valence-corrected chi connectivity index (χ2v) is 12.0. The Bertz CT molecular complexity index is 1470. The highest BCUT2D eigenvalue weighted by Gasteiger charge is 2.33. The van der Waals surface area contributed by atoms with Gasteiger partial charge >= 0.3 is 11.9 Å². The molecule has 3 aromatic rings. The van der Waals surface area contributed by atoms with Crippen molar-refractivity contribution in [1.82, 2.24) is 4.98 Å². The van der Waals surface area contributed by atoms with Gasteiger partial charge < -0.3 is 29.5 Å². The normalized spacial score (nSPS) is 18.2. The maximum Gasteiger partial charge on any atom is 0.303 e. The number of carbonyl (C=O) groups is 2. The first-order chi connectivity index (χ1) is 23.4. The molecule has 0 bridgehead atoms. The molecular formula is C39H47NO8. The molecule has 1 fully saturated rings. The summed E-state index contributed by atoms with van der Waals surface area (Å²) in [5.74, 6) is -0.567. The summed E-state index contributed by atoms with van der Waals surface area (Å²) in [5, 5.41) is 28.3. The van der Waals surface area contributed by atoms with E-state index in [1.807, 2.05) is 66.9 Å². The van der Waals surface area contributed by atoms with Gasteiger partial charge in [-0.25, -0.2) is 0 Å². The molecule has 1 aliphatic rings. The van der Waals surface area contributed by atoms with Crippen molar-refractivity contribution in [2.75, 3.05) is 13.2 Å². The number of hydrogen-bond acceptors (Lipinski definition) is 7. The fraction of sp³-hybridized carbons (Fsp3) is 0.410. The van der Waals surface area contributed by atoms with Crippen molar-refractivity contribution in [3.63, 3.8) is 0 Å². The van der Waals surface area contributed by atoms with Crippen molar-refractivity contribution in [1.29, 1.82) is 0 Å². The molecule has 0 saturated carbocycles. The number of aromatic nitrogens is 1. The van der Waals surface area contributed by atoms with Crippen molar-refractivity contribution in [2.24, 2.45) is 5.92 Å². The van der Waals surface area contributed by atoms with Crippen molar-refractivity contribution in [3.05, 3.63) is 108 Å². The fourth-order valence-corrected chi connectivity index (χ4v) is 5.73. The van der Waals surface area contributed by atoms with E-state index in [1.54, 1.807) is 18.3 Å².